The minimum Gasteiger partial charge on any atom is -0.478 e. The van der Waals surface area contributed by atoms with Crippen molar-refractivity contribution in [2.75, 3.05) is 6.54 Å². The van der Waals surface area contributed by atoms with Gasteiger partial charge in [-0.25, -0.2) is 14.8 Å². The molecule has 0 unspecified atom stereocenters. The van der Waals surface area contributed by atoms with E-state index in [1.165, 1.54) is 17.4 Å². The summed E-state index contributed by atoms with van der Waals surface area (Å²) in [6.45, 7) is 2.59. The summed E-state index contributed by atoms with van der Waals surface area (Å²) < 4.78 is 0. The first-order chi connectivity index (χ1) is 13.0. The van der Waals surface area contributed by atoms with E-state index in [9.17, 15) is 14.7 Å². The van der Waals surface area contributed by atoms with E-state index in [-0.39, 0.29) is 17.5 Å². The average Bonchev–Trinajstić information content (AvgIpc) is 3.41. The van der Waals surface area contributed by atoms with Crippen LogP contribution in [-0.2, 0) is 0 Å². The van der Waals surface area contributed by atoms with Gasteiger partial charge in [-0.1, -0.05) is 0 Å². The fourth-order valence-electron chi connectivity index (χ4n) is 3.32. The highest BCUT2D eigenvalue weighted by Gasteiger charge is 2.33. The number of amides is 1. The number of carbonyl (C=O) groups excluding carboxylic acids is 1. The van der Waals surface area contributed by atoms with Gasteiger partial charge in [0.15, 0.2) is 0 Å². The Hall–Kier alpha value is -2.58. The number of hydrogen-bond acceptors (Lipinski definition) is 6. The van der Waals surface area contributed by atoms with E-state index in [4.69, 9.17) is 0 Å². The normalized spacial score (nSPS) is 16.6. The highest BCUT2D eigenvalue weighted by Crippen LogP contribution is 2.35. The van der Waals surface area contributed by atoms with Crippen molar-refractivity contribution >= 4 is 34.6 Å². The predicted molar refractivity (Wildman–Crippen MR) is 104 cm³/mol. The number of carboxylic acids is 1. The number of aromatic nitrogens is 2. The zero-order valence-corrected chi connectivity index (χ0v) is 16.2. The van der Waals surface area contributed by atoms with Gasteiger partial charge in [0, 0.05) is 40.3 Å². The molecule has 138 valence electrons. The molecule has 3 heterocycles. The summed E-state index contributed by atoms with van der Waals surface area (Å²) >= 11 is 2.98. The molecule has 1 aromatic carbocycles. The van der Waals surface area contributed by atoms with Crippen LogP contribution in [0.2, 0.25) is 0 Å². The smallest absolute Gasteiger partial charge is 0.335 e. The monoisotopic (exact) mass is 399 g/mol. The van der Waals surface area contributed by atoms with Crippen LogP contribution in [0.15, 0.2) is 35.2 Å². The average molecular weight is 399 g/mol. The van der Waals surface area contributed by atoms with Gasteiger partial charge in [0.1, 0.15) is 10.0 Å². The van der Waals surface area contributed by atoms with Gasteiger partial charge in [0.05, 0.1) is 11.6 Å². The Morgan fingerprint density at radius 1 is 1.22 bits per heavy atom. The van der Waals surface area contributed by atoms with E-state index in [1.54, 1.807) is 29.7 Å². The Bertz CT molecular complexity index is 998. The quantitative estimate of drug-likeness (QED) is 0.709. The maximum absolute atomic E-state index is 13.2. The van der Waals surface area contributed by atoms with Crippen molar-refractivity contribution in [2.24, 2.45) is 0 Å². The number of likely N-dealkylation sites (tertiary alicyclic amines) is 1. The largest absolute Gasteiger partial charge is 0.478 e. The van der Waals surface area contributed by atoms with Crippen molar-refractivity contribution in [3.63, 3.8) is 0 Å². The lowest BCUT2D eigenvalue weighted by Crippen LogP contribution is -2.30. The summed E-state index contributed by atoms with van der Waals surface area (Å²) in [6.07, 6.45) is 3.44. The van der Waals surface area contributed by atoms with Crippen LogP contribution in [0.25, 0.3) is 10.6 Å². The van der Waals surface area contributed by atoms with Crippen molar-refractivity contribution in [1.82, 2.24) is 14.9 Å². The Kier molecular flexibility index (Phi) is 4.75. The van der Waals surface area contributed by atoms with Crippen molar-refractivity contribution < 1.29 is 14.7 Å². The van der Waals surface area contributed by atoms with E-state index in [0.717, 1.165) is 23.5 Å². The number of benzene rings is 1. The number of aromatic carboxylic acids is 1. The third kappa shape index (κ3) is 3.50. The van der Waals surface area contributed by atoms with Gasteiger partial charge in [-0.2, -0.15) is 0 Å². The highest BCUT2D eigenvalue weighted by molar-refractivity contribution is 7.13. The summed E-state index contributed by atoms with van der Waals surface area (Å²) in [7, 11) is 0. The molecule has 2 aromatic heterocycles. The molecule has 3 aromatic rings. The summed E-state index contributed by atoms with van der Waals surface area (Å²) in [5.74, 6) is -1.22. The van der Waals surface area contributed by atoms with Gasteiger partial charge < -0.3 is 10.0 Å². The molecule has 1 fully saturated rings. The first-order valence-corrected chi connectivity index (χ1v) is 10.3. The van der Waals surface area contributed by atoms with Crippen LogP contribution >= 0.6 is 22.7 Å². The second-order valence-corrected chi connectivity index (χ2v) is 8.21. The lowest BCUT2D eigenvalue weighted by atomic mass is 10.0. The fraction of sp³-hybridized carbons (Fsp3) is 0.263. The van der Waals surface area contributed by atoms with E-state index in [1.807, 2.05) is 22.6 Å². The SMILES string of the molecule is Cc1csc([C@H]2CCCN2C(=O)c2cc(C(=O)O)cc(-c3nccs3)c2)n1. The lowest BCUT2D eigenvalue weighted by Gasteiger charge is -2.23. The Morgan fingerprint density at radius 3 is 2.70 bits per heavy atom. The maximum atomic E-state index is 13.2. The Labute approximate surface area is 164 Å². The number of hydrogen-bond donors (Lipinski definition) is 1. The summed E-state index contributed by atoms with van der Waals surface area (Å²) in [4.78, 5) is 35.4. The van der Waals surface area contributed by atoms with Crippen LogP contribution in [0, 0.1) is 6.92 Å². The second kappa shape index (κ2) is 7.21. The number of nitrogens with zero attached hydrogens (tertiary/aromatic N) is 3. The maximum Gasteiger partial charge on any atom is 0.335 e. The molecular formula is C19H17N3O3S2. The topological polar surface area (TPSA) is 83.4 Å². The highest BCUT2D eigenvalue weighted by atomic mass is 32.1. The molecule has 0 saturated carbocycles. The molecule has 27 heavy (non-hydrogen) atoms. The first kappa shape index (κ1) is 17.8. The van der Waals surface area contributed by atoms with E-state index >= 15 is 0 Å². The Morgan fingerprint density at radius 2 is 2.04 bits per heavy atom. The van der Waals surface area contributed by atoms with E-state index in [2.05, 4.69) is 9.97 Å². The van der Waals surface area contributed by atoms with Crippen LogP contribution in [0.1, 0.15) is 50.3 Å². The molecule has 6 nitrogen and oxygen atoms in total. The van der Waals surface area contributed by atoms with Crippen molar-refractivity contribution in [3.05, 3.63) is 57.0 Å². The van der Waals surface area contributed by atoms with Crippen molar-refractivity contribution in [3.8, 4) is 10.6 Å². The Balaban J connectivity index is 1.71. The molecule has 0 bridgehead atoms. The minimum atomic E-state index is -1.06. The second-order valence-electron chi connectivity index (χ2n) is 6.43. The van der Waals surface area contributed by atoms with Crippen LogP contribution in [0.5, 0.6) is 0 Å². The van der Waals surface area contributed by atoms with Crippen molar-refractivity contribution in [2.45, 2.75) is 25.8 Å². The summed E-state index contributed by atoms with van der Waals surface area (Å²) in [5, 5.41) is 14.9. The number of carbonyl (C=O) groups is 2. The third-order valence-electron chi connectivity index (χ3n) is 4.54. The van der Waals surface area contributed by atoms with E-state index in [0.29, 0.717) is 22.7 Å². The van der Waals surface area contributed by atoms with Crippen LogP contribution in [0.3, 0.4) is 0 Å². The molecule has 1 N–H and O–H groups in total. The summed E-state index contributed by atoms with van der Waals surface area (Å²) in [5.41, 5.74) is 2.06. The molecule has 1 aliphatic rings. The van der Waals surface area contributed by atoms with Crippen LogP contribution < -0.4 is 0 Å². The first-order valence-electron chi connectivity index (χ1n) is 8.54. The molecule has 0 spiro atoms. The van der Waals surface area contributed by atoms with Gasteiger partial charge in [0.2, 0.25) is 0 Å². The molecule has 1 saturated heterocycles. The molecule has 1 aliphatic heterocycles. The molecule has 0 aliphatic carbocycles. The number of aryl methyl sites for hydroxylation is 1. The molecule has 4 rings (SSSR count). The molecular weight excluding hydrogens is 382 g/mol. The van der Waals surface area contributed by atoms with Crippen LogP contribution in [-0.4, -0.2) is 38.4 Å². The zero-order valence-electron chi connectivity index (χ0n) is 14.6. The van der Waals surface area contributed by atoms with Gasteiger partial charge in [0.25, 0.3) is 5.91 Å². The molecule has 0 radical (unpaired) electrons. The standard InChI is InChI=1S/C19H17N3O3S2/c1-11-10-27-17(21-11)15-3-2-5-22(15)18(23)13-7-12(16-20-4-6-26-16)8-14(9-13)19(24)25/h4,6-10,15H,2-3,5H2,1H3,(H,24,25)/t15-/m1/s1. The zero-order chi connectivity index (χ0) is 19.0. The number of rotatable bonds is 4. The van der Waals surface area contributed by atoms with Gasteiger partial charge in [-0.05, 0) is 38.0 Å². The van der Waals surface area contributed by atoms with Crippen molar-refractivity contribution in [1.29, 1.82) is 0 Å². The molecule has 8 heteroatoms. The van der Waals surface area contributed by atoms with Gasteiger partial charge in [-0.15, -0.1) is 22.7 Å². The van der Waals surface area contributed by atoms with Gasteiger partial charge in [-0.3, -0.25) is 4.79 Å². The third-order valence-corrected chi connectivity index (χ3v) is 6.43. The number of thiazole rings is 2. The molecule has 1 atom stereocenters. The lowest BCUT2D eigenvalue weighted by molar-refractivity contribution is 0.0697. The number of carboxylic acid groups (broad SMARTS) is 1. The minimum absolute atomic E-state index is 0.0482. The van der Waals surface area contributed by atoms with Gasteiger partial charge >= 0.3 is 5.97 Å². The summed E-state index contributed by atoms with van der Waals surface area (Å²) in [6, 6.07) is 4.69. The van der Waals surface area contributed by atoms with Crippen LogP contribution in [0.4, 0.5) is 0 Å². The fourth-order valence-corrected chi connectivity index (χ4v) is 4.89. The molecule has 1 amide bonds. The predicted octanol–water partition coefficient (Wildman–Crippen LogP) is 4.25. The van der Waals surface area contributed by atoms with E-state index < -0.39 is 5.97 Å².